The molecule has 14 heavy (non-hydrogen) atoms. The first kappa shape index (κ1) is 10.5. The fourth-order valence-corrected chi connectivity index (χ4v) is 1.14. The highest BCUT2D eigenvalue weighted by Gasteiger charge is 2.10. The van der Waals surface area contributed by atoms with Crippen LogP contribution in [0.25, 0.3) is 0 Å². The van der Waals surface area contributed by atoms with Gasteiger partial charge in [-0.05, 0) is 18.1 Å². The number of hydrogen-bond donors (Lipinski definition) is 3. The largest absolute Gasteiger partial charge is 0.465 e. The van der Waals surface area contributed by atoms with Crippen molar-refractivity contribution < 1.29 is 15.0 Å². The summed E-state index contributed by atoms with van der Waals surface area (Å²) in [7, 11) is 0. The highest BCUT2D eigenvalue weighted by Crippen LogP contribution is 2.00. The van der Waals surface area contributed by atoms with Crippen molar-refractivity contribution in [3.63, 3.8) is 0 Å². The summed E-state index contributed by atoms with van der Waals surface area (Å²) in [4.78, 5) is 14.2. The van der Waals surface area contributed by atoms with Gasteiger partial charge in [-0.1, -0.05) is 6.07 Å². The van der Waals surface area contributed by atoms with E-state index in [-0.39, 0.29) is 6.61 Å². The molecule has 5 heteroatoms. The molecular formula is C9H12N2O3. The molecule has 0 spiro atoms. The number of hydrogen-bond acceptors (Lipinski definition) is 3. The molecule has 0 bridgehead atoms. The Bertz CT molecular complexity index is 289. The minimum absolute atomic E-state index is 0.221. The SMILES string of the molecule is O=C(O)N[C@H](CO)Cc1cccnc1. The predicted molar refractivity (Wildman–Crippen MR) is 50.0 cm³/mol. The molecule has 1 aromatic rings. The van der Waals surface area contributed by atoms with Crippen LogP contribution < -0.4 is 5.32 Å². The van der Waals surface area contributed by atoms with Gasteiger partial charge in [0.1, 0.15) is 0 Å². The molecule has 0 aliphatic carbocycles. The van der Waals surface area contributed by atoms with Gasteiger partial charge >= 0.3 is 6.09 Å². The fraction of sp³-hybridized carbons (Fsp3) is 0.333. The summed E-state index contributed by atoms with van der Waals surface area (Å²) < 4.78 is 0. The number of pyridine rings is 1. The van der Waals surface area contributed by atoms with E-state index < -0.39 is 12.1 Å². The highest BCUT2D eigenvalue weighted by molar-refractivity contribution is 5.64. The van der Waals surface area contributed by atoms with E-state index in [9.17, 15) is 4.79 Å². The van der Waals surface area contributed by atoms with E-state index in [2.05, 4.69) is 10.3 Å². The van der Waals surface area contributed by atoms with Crippen LogP contribution in [0.1, 0.15) is 5.56 Å². The third-order valence-corrected chi connectivity index (χ3v) is 1.75. The topological polar surface area (TPSA) is 82.5 Å². The number of aliphatic hydroxyl groups excluding tert-OH is 1. The second kappa shape index (κ2) is 5.18. The first-order valence-corrected chi connectivity index (χ1v) is 4.21. The second-order valence-corrected chi connectivity index (χ2v) is 2.89. The lowest BCUT2D eigenvalue weighted by atomic mass is 10.1. The van der Waals surface area contributed by atoms with Crippen LogP contribution in [0, 0.1) is 0 Å². The molecule has 0 radical (unpaired) electrons. The van der Waals surface area contributed by atoms with Gasteiger partial charge in [0.15, 0.2) is 0 Å². The van der Waals surface area contributed by atoms with Crippen LogP contribution >= 0.6 is 0 Å². The van der Waals surface area contributed by atoms with Crippen molar-refractivity contribution in [2.75, 3.05) is 6.61 Å². The molecule has 0 aliphatic rings. The van der Waals surface area contributed by atoms with Crippen molar-refractivity contribution in [2.24, 2.45) is 0 Å². The molecule has 3 N–H and O–H groups in total. The summed E-state index contributed by atoms with van der Waals surface area (Å²) in [6.07, 6.45) is 2.60. The third kappa shape index (κ3) is 3.40. The van der Waals surface area contributed by atoms with Crippen LogP contribution in [-0.2, 0) is 6.42 Å². The van der Waals surface area contributed by atoms with Gasteiger partial charge in [-0.25, -0.2) is 4.79 Å². The number of carboxylic acid groups (broad SMARTS) is 1. The van der Waals surface area contributed by atoms with Gasteiger partial charge < -0.3 is 15.5 Å². The van der Waals surface area contributed by atoms with Crippen molar-refractivity contribution in [1.82, 2.24) is 10.3 Å². The molecule has 0 saturated heterocycles. The van der Waals surface area contributed by atoms with Crippen LogP contribution in [0.15, 0.2) is 24.5 Å². The molecule has 1 aromatic heterocycles. The average Bonchev–Trinajstić information content (AvgIpc) is 2.17. The maximum atomic E-state index is 10.3. The van der Waals surface area contributed by atoms with E-state index in [0.29, 0.717) is 6.42 Å². The Morgan fingerprint density at radius 1 is 1.64 bits per heavy atom. The third-order valence-electron chi connectivity index (χ3n) is 1.75. The summed E-state index contributed by atoms with van der Waals surface area (Å²) in [6.45, 7) is -0.221. The quantitative estimate of drug-likeness (QED) is 0.644. The maximum absolute atomic E-state index is 10.3. The fourth-order valence-electron chi connectivity index (χ4n) is 1.14. The van der Waals surface area contributed by atoms with Crippen LogP contribution in [0.5, 0.6) is 0 Å². The molecular weight excluding hydrogens is 184 g/mol. The standard InChI is InChI=1S/C9H12N2O3/c12-6-8(11-9(13)14)4-7-2-1-3-10-5-7/h1-3,5,8,11-12H,4,6H2,(H,13,14)/t8-/m0/s1. The molecule has 0 fully saturated rings. The molecule has 1 rings (SSSR count). The zero-order chi connectivity index (χ0) is 10.4. The minimum Gasteiger partial charge on any atom is -0.465 e. The first-order valence-electron chi connectivity index (χ1n) is 4.21. The van der Waals surface area contributed by atoms with Gasteiger partial charge in [-0.2, -0.15) is 0 Å². The lowest BCUT2D eigenvalue weighted by molar-refractivity contribution is 0.177. The Morgan fingerprint density at radius 3 is 2.93 bits per heavy atom. The van der Waals surface area contributed by atoms with Gasteiger partial charge in [-0.3, -0.25) is 4.98 Å². The molecule has 0 aromatic carbocycles. The van der Waals surface area contributed by atoms with Crippen molar-refractivity contribution in [2.45, 2.75) is 12.5 Å². The molecule has 5 nitrogen and oxygen atoms in total. The van der Waals surface area contributed by atoms with E-state index >= 15 is 0 Å². The molecule has 0 aliphatic heterocycles. The van der Waals surface area contributed by atoms with Crippen LogP contribution in [0.4, 0.5) is 4.79 Å². The number of rotatable bonds is 4. The summed E-state index contributed by atoms with van der Waals surface area (Å²) in [6, 6.07) is 3.13. The molecule has 76 valence electrons. The van der Waals surface area contributed by atoms with E-state index in [1.54, 1.807) is 18.5 Å². The zero-order valence-corrected chi connectivity index (χ0v) is 7.55. The number of nitrogens with one attached hydrogen (secondary N) is 1. The number of aromatic nitrogens is 1. The number of aliphatic hydroxyl groups is 1. The van der Waals surface area contributed by atoms with Crippen molar-refractivity contribution in [3.8, 4) is 0 Å². The summed E-state index contributed by atoms with van der Waals surface area (Å²) in [5.41, 5.74) is 0.889. The molecule has 0 saturated carbocycles. The molecule has 1 atom stereocenters. The Hall–Kier alpha value is -1.62. The first-order chi connectivity index (χ1) is 6.72. The van der Waals surface area contributed by atoms with E-state index in [0.717, 1.165) is 5.56 Å². The number of amides is 1. The smallest absolute Gasteiger partial charge is 0.404 e. The zero-order valence-electron chi connectivity index (χ0n) is 7.55. The van der Waals surface area contributed by atoms with E-state index in [1.165, 1.54) is 0 Å². The van der Waals surface area contributed by atoms with E-state index in [1.807, 2.05) is 6.07 Å². The van der Waals surface area contributed by atoms with Gasteiger partial charge in [0.05, 0.1) is 12.6 Å². The normalized spacial score (nSPS) is 12.1. The lowest BCUT2D eigenvalue weighted by Crippen LogP contribution is -2.38. The highest BCUT2D eigenvalue weighted by atomic mass is 16.4. The van der Waals surface area contributed by atoms with Crippen molar-refractivity contribution in [1.29, 1.82) is 0 Å². The summed E-state index contributed by atoms with van der Waals surface area (Å²) in [5, 5.41) is 19.6. The van der Waals surface area contributed by atoms with Gasteiger partial charge in [0, 0.05) is 12.4 Å². The van der Waals surface area contributed by atoms with Gasteiger partial charge in [0.25, 0.3) is 0 Å². The minimum atomic E-state index is -1.13. The van der Waals surface area contributed by atoms with Crippen molar-refractivity contribution in [3.05, 3.63) is 30.1 Å². The van der Waals surface area contributed by atoms with Gasteiger partial charge in [-0.15, -0.1) is 0 Å². The van der Waals surface area contributed by atoms with Crippen molar-refractivity contribution >= 4 is 6.09 Å². The number of carbonyl (C=O) groups is 1. The maximum Gasteiger partial charge on any atom is 0.404 e. The Labute approximate surface area is 81.4 Å². The number of nitrogens with zero attached hydrogens (tertiary/aromatic N) is 1. The summed E-state index contributed by atoms with van der Waals surface area (Å²) in [5.74, 6) is 0. The predicted octanol–water partition coefficient (Wildman–Crippen LogP) is 0.253. The van der Waals surface area contributed by atoms with Crippen LogP contribution in [0.2, 0.25) is 0 Å². The second-order valence-electron chi connectivity index (χ2n) is 2.89. The Morgan fingerprint density at radius 2 is 2.43 bits per heavy atom. The summed E-state index contributed by atoms with van der Waals surface area (Å²) >= 11 is 0. The molecule has 1 amide bonds. The molecule has 1 heterocycles. The van der Waals surface area contributed by atoms with Crippen LogP contribution in [0.3, 0.4) is 0 Å². The Balaban J connectivity index is 2.53. The van der Waals surface area contributed by atoms with Crippen LogP contribution in [-0.4, -0.2) is 33.9 Å². The Kier molecular flexibility index (Phi) is 3.87. The monoisotopic (exact) mass is 196 g/mol. The van der Waals surface area contributed by atoms with E-state index in [4.69, 9.17) is 10.2 Å². The average molecular weight is 196 g/mol. The molecule has 0 unspecified atom stereocenters. The lowest BCUT2D eigenvalue weighted by Gasteiger charge is -2.13. The van der Waals surface area contributed by atoms with Gasteiger partial charge in [0.2, 0.25) is 0 Å².